The van der Waals surface area contributed by atoms with E-state index >= 15 is 0 Å². The van der Waals surface area contributed by atoms with Gasteiger partial charge in [0.2, 0.25) is 11.6 Å². The summed E-state index contributed by atoms with van der Waals surface area (Å²) in [5, 5.41) is 16.1. The molecule has 1 N–H and O–H groups in total. The minimum Gasteiger partial charge on any atom is -0.364 e. The molecule has 0 spiro atoms. The summed E-state index contributed by atoms with van der Waals surface area (Å²) in [6.45, 7) is 4.15. The molecule has 10 heteroatoms. The monoisotopic (exact) mass is 486 g/mol. The van der Waals surface area contributed by atoms with Gasteiger partial charge < -0.3 is 10.2 Å². The lowest BCUT2D eigenvalue weighted by Crippen LogP contribution is -2.46. The van der Waals surface area contributed by atoms with E-state index in [9.17, 15) is 10.1 Å². The third-order valence-electron chi connectivity index (χ3n) is 5.64. The summed E-state index contributed by atoms with van der Waals surface area (Å²) in [6, 6.07) is 15.6. The maximum Gasteiger partial charge on any atom is 0.353 e. The van der Waals surface area contributed by atoms with Crippen LogP contribution >= 0.6 is 23.2 Å². The first-order valence-electron chi connectivity index (χ1n) is 10.7. The Labute approximate surface area is 202 Å². The summed E-state index contributed by atoms with van der Waals surface area (Å²) in [4.78, 5) is 24.2. The van der Waals surface area contributed by atoms with E-state index in [1.165, 1.54) is 11.9 Å². The standard InChI is InChI=1S/C23H24Cl2N6O2/c24-19-7-4-8-20(25)18(19)9-10-26-22-21(31(32)33)23(28-16-27-22)30-13-11-29(12-14-30)15-17-5-2-1-3-6-17/h1-8,16H,9-15H2,(H,26,27,28). The lowest BCUT2D eigenvalue weighted by atomic mass is 10.1. The summed E-state index contributed by atoms with van der Waals surface area (Å²) in [7, 11) is 0. The van der Waals surface area contributed by atoms with E-state index in [1.807, 2.05) is 23.1 Å². The number of nitrogens with one attached hydrogen (secondary N) is 1. The topological polar surface area (TPSA) is 87.4 Å². The smallest absolute Gasteiger partial charge is 0.353 e. The minimum atomic E-state index is -0.420. The van der Waals surface area contributed by atoms with Crippen LogP contribution in [-0.2, 0) is 13.0 Å². The van der Waals surface area contributed by atoms with Gasteiger partial charge >= 0.3 is 5.69 Å². The molecule has 8 nitrogen and oxygen atoms in total. The average Bonchev–Trinajstić information content (AvgIpc) is 2.82. The highest BCUT2D eigenvalue weighted by atomic mass is 35.5. The first kappa shape index (κ1) is 23.2. The minimum absolute atomic E-state index is 0.112. The molecular formula is C23H24Cl2N6O2. The summed E-state index contributed by atoms with van der Waals surface area (Å²) in [6.07, 6.45) is 1.87. The molecule has 33 heavy (non-hydrogen) atoms. The second-order valence-electron chi connectivity index (χ2n) is 7.78. The molecule has 0 saturated carbocycles. The highest BCUT2D eigenvalue weighted by molar-refractivity contribution is 6.36. The lowest BCUT2D eigenvalue weighted by Gasteiger charge is -2.35. The van der Waals surface area contributed by atoms with Crippen molar-refractivity contribution in [2.24, 2.45) is 0 Å². The molecule has 0 bridgehead atoms. The van der Waals surface area contributed by atoms with Crippen molar-refractivity contribution in [3.8, 4) is 0 Å². The van der Waals surface area contributed by atoms with Gasteiger partial charge in [0.25, 0.3) is 0 Å². The Kier molecular flexibility index (Phi) is 7.59. The number of piperazine rings is 1. The molecule has 0 radical (unpaired) electrons. The number of nitro groups is 1. The Morgan fingerprint density at radius 3 is 2.33 bits per heavy atom. The van der Waals surface area contributed by atoms with Gasteiger partial charge in [-0.15, -0.1) is 0 Å². The predicted molar refractivity (Wildman–Crippen MR) is 131 cm³/mol. The number of nitrogens with zero attached hydrogens (tertiary/aromatic N) is 5. The molecule has 1 aliphatic heterocycles. The van der Waals surface area contributed by atoms with Crippen LogP contribution in [0.1, 0.15) is 11.1 Å². The van der Waals surface area contributed by atoms with Crippen LogP contribution < -0.4 is 10.2 Å². The van der Waals surface area contributed by atoms with Crippen LogP contribution in [0, 0.1) is 10.1 Å². The third kappa shape index (κ3) is 5.71. The zero-order valence-electron chi connectivity index (χ0n) is 18.0. The molecular weight excluding hydrogens is 463 g/mol. The van der Waals surface area contributed by atoms with Gasteiger partial charge in [0.1, 0.15) is 6.33 Å². The van der Waals surface area contributed by atoms with E-state index in [1.54, 1.807) is 18.2 Å². The molecule has 2 aromatic carbocycles. The molecule has 0 amide bonds. The van der Waals surface area contributed by atoms with Gasteiger partial charge in [0.15, 0.2) is 0 Å². The number of rotatable bonds is 8. The number of hydrogen-bond donors (Lipinski definition) is 1. The number of anilines is 2. The predicted octanol–water partition coefficient (Wildman–Crippen LogP) is 4.67. The average molecular weight is 487 g/mol. The van der Waals surface area contributed by atoms with Crippen LogP contribution in [0.25, 0.3) is 0 Å². The highest BCUT2D eigenvalue weighted by Gasteiger charge is 2.29. The van der Waals surface area contributed by atoms with Crippen molar-refractivity contribution in [3.63, 3.8) is 0 Å². The van der Waals surface area contributed by atoms with Crippen LogP contribution in [0.2, 0.25) is 10.0 Å². The molecule has 0 unspecified atom stereocenters. The van der Waals surface area contributed by atoms with Gasteiger partial charge in [-0.1, -0.05) is 59.6 Å². The van der Waals surface area contributed by atoms with Crippen molar-refractivity contribution in [2.45, 2.75) is 13.0 Å². The van der Waals surface area contributed by atoms with Gasteiger partial charge in [-0.05, 0) is 29.7 Å². The Bertz CT molecular complexity index is 1090. The zero-order valence-corrected chi connectivity index (χ0v) is 19.5. The fourth-order valence-corrected chi connectivity index (χ4v) is 4.52. The van der Waals surface area contributed by atoms with E-state index in [4.69, 9.17) is 23.2 Å². The van der Waals surface area contributed by atoms with Crippen molar-refractivity contribution >= 4 is 40.5 Å². The number of aromatic nitrogens is 2. The first-order chi connectivity index (χ1) is 16.0. The summed E-state index contributed by atoms with van der Waals surface area (Å²) in [5.74, 6) is 0.535. The van der Waals surface area contributed by atoms with Crippen molar-refractivity contribution in [1.82, 2.24) is 14.9 Å². The second kappa shape index (κ2) is 10.8. The Morgan fingerprint density at radius 1 is 0.970 bits per heavy atom. The van der Waals surface area contributed by atoms with Gasteiger partial charge in [0, 0.05) is 49.3 Å². The summed E-state index contributed by atoms with van der Waals surface area (Å²) >= 11 is 12.5. The maximum absolute atomic E-state index is 11.9. The molecule has 3 aromatic rings. The first-order valence-corrected chi connectivity index (χ1v) is 11.5. The molecule has 0 atom stereocenters. The Morgan fingerprint density at radius 2 is 1.67 bits per heavy atom. The third-order valence-corrected chi connectivity index (χ3v) is 6.34. The van der Waals surface area contributed by atoms with E-state index in [0.29, 0.717) is 41.9 Å². The van der Waals surface area contributed by atoms with Gasteiger partial charge in [-0.2, -0.15) is 0 Å². The fourth-order valence-electron chi connectivity index (χ4n) is 3.93. The molecule has 1 saturated heterocycles. The quantitative estimate of drug-likeness (QED) is 0.365. The van der Waals surface area contributed by atoms with E-state index in [2.05, 4.69) is 32.3 Å². The van der Waals surface area contributed by atoms with Gasteiger partial charge in [-0.3, -0.25) is 15.0 Å². The Hall–Kier alpha value is -2.94. The largest absolute Gasteiger partial charge is 0.364 e. The molecule has 172 valence electrons. The van der Waals surface area contributed by atoms with Crippen LogP contribution in [-0.4, -0.2) is 52.5 Å². The normalized spacial score (nSPS) is 14.3. The summed E-state index contributed by atoms with van der Waals surface area (Å²) < 4.78 is 0. The SMILES string of the molecule is O=[N+]([O-])c1c(NCCc2c(Cl)cccc2Cl)ncnc1N1CCN(Cc2ccccc2)CC1. The molecule has 0 aliphatic carbocycles. The molecule has 4 rings (SSSR count). The van der Waals surface area contributed by atoms with Crippen LogP contribution in [0.5, 0.6) is 0 Å². The van der Waals surface area contributed by atoms with Gasteiger partial charge in [0.05, 0.1) is 4.92 Å². The zero-order chi connectivity index (χ0) is 23.2. The lowest BCUT2D eigenvalue weighted by molar-refractivity contribution is -0.383. The van der Waals surface area contributed by atoms with Crippen molar-refractivity contribution in [3.05, 3.63) is 86.1 Å². The van der Waals surface area contributed by atoms with Crippen LogP contribution in [0.15, 0.2) is 54.9 Å². The van der Waals surface area contributed by atoms with E-state index in [0.717, 1.165) is 25.2 Å². The molecule has 1 fully saturated rings. The van der Waals surface area contributed by atoms with E-state index < -0.39 is 4.92 Å². The number of benzene rings is 2. The van der Waals surface area contributed by atoms with Crippen molar-refractivity contribution < 1.29 is 4.92 Å². The van der Waals surface area contributed by atoms with Crippen molar-refractivity contribution in [1.29, 1.82) is 0 Å². The van der Waals surface area contributed by atoms with Crippen LogP contribution in [0.4, 0.5) is 17.3 Å². The molecule has 1 aliphatic rings. The highest BCUT2D eigenvalue weighted by Crippen LogP contribution is 2.33. The van der Waals surface area contributed by atoms with E-state index in [-0.39, 0.29) is 11.5 Å². The second-order valence-corrected chi connectivity index (χ2v) is 8.59. The van der Waals surface area contributed by atoms with Gasteiger partial charge in [-0.25, -0.2) is 9.97 Å². The molecule has 2 heterocycles. The van der Waals surface area contributed by atoms with Crippen molar-refractivity contribution in [2.75, 3.05) is 42.9 Å². The fraction of sp³-hybridized carbons (Fsp3) is 0.304. The number of halogens is 2. The maximum atomic E-state index is 11.9. The molecule has 1 aromatic heterocycles. The number of hydrogen-bond acceptors (Lipinski definition) is 7. The Balaban J connectivity index is 1.43. The van der Waals surface area contributed by atoms with Crippen LogP contribution in [0.3, 0.4) is 0 Å². The summed E-state index contributed by atoms with van der Waals surface area (Å²) in [5.41, 5.74) is 1.93.